The monoisotopic (exact) mass is 156 g/mol. The molecule has 2 nitrogen and oxygen atoms in total. The molecule has 0 aliphatic rings. The summed E-state index contributed by atoms with van der Waals surface area (Å²) in [6.45, 7) is 2.14. The molecule has 0 aliphatic carbocycles. The van der Waals surface area contributed by atoms with E-state index in [1.807, 2.05) is 13.2 Å². The van der Waals surface area contributed by atoms with Crippen LogP contribution in [-0.4, -0.2) is 9.78 Å². The number of rotatable bonds is 2. The molecule has 3 heteroatoms. The summed E-state index contributed by atoms with van der Waals surface area (Å²) in [5.74, 6) is 0. The molecule has 0 saturated heterocycles. The molecule has 0 saturated carbocycles. The molecule has 0 aromatic carbocycles. The van der Waals surface area contributed by atoms with Crippen molar-refractivity contribution in [3.05, 3.63) is 11.9 Å². The summed E-state index contributed by atoms with van der Waals surface area (Å²) in [4.78, 5) is 1.00. The molecule has 0 unspecified atom stereocenters. The van der Waals surface area contributed by atoms with Gasteiger partial charge in [-0.1, -0.05) is 13.3 Å². The highest BCUT2D eigenvalue weighted by Crippen LogP contribution is 2.11. The Balaban J connectivity index is 2.81. The van der Waals surface area contributed by atoms with Crippen molar-refractivity contribution < 1.29 is 0 Å². The van der Waals surface area contributed by atoms with Crippen molar-refractivity contribution in [1.82, 2.24) is 9.78 Å². The smallest absolute Gasteiger partial charge is 0.0757 e. The predicted molar refractivity (Wildman–Crippen MR) is 44.5 cm³/mol. The van der Waals surface area contributed by atoms with Gasteiger partial charge in [0, 0.05) is 18.1 Å². The molecule has 0 atom stereocenters. The van der Waals surface area contributed by atoms with E-state index in [2.05, 4.69) is 24.7 Å². The van der Waals surface area contributed by atoms with E-state index in [4.69, 9.17) is 0 Å². The number of hydrogen-bond donors (Lipinski definition) is 1. The lowest BCUT2D eigenvalue weighted by atomic mass is 10.3. The zero-order chi connectivity index (χ0) is 7.56. The number of nitrogens with zero attached hydrogens (tertiary/aromatic N) is 2. The maximum atomic E-state index is 4.27. The Bertz CT molecular complexity index is 217. The van der Waals surface area contributed by atoms with Gasteiger partial charge in [-0.15, -0.1) is 12.6 Å². The first-order valence-corrected chi connectivity index (χ1v) is 3.90. The van der Waals surface area contributed by atoms with Crippen molar-refractivity contribution in [3.8, 4) is 0 Å². The second kappa shape index (κ2) is 3.10. The first-order chi connectivity index (χ1) is 4.74. The van der Waals surface area contributed by atoms with Crippen molar-refractivity contribution in [2.45, 2.75) is 24.7 Å². The van der Waals surface area contributed by atoms with Gasteiger partial charge in [0.2, 0.25) is 0 Å². The van der Waals surface area contributed by atoms with Gasteiger partial charge in [0.05, 0.1) is 5.69 Å². The summed E-state index contributed by atoms with van der Waals surface area (Å²) < 4.78 is 1.80. The molecule has 1 rings (SSSR count). The van der Waals surface area contributed by atoms with Crippen LogP contribution in [0.3, 0.4) is 0 Å². The first-order valence-electron chi connectivity index (χ1n) is 3.45. The Morgan fingerprint density at radius 3 is 2.80 bits per heavy atom. The SMILES string of the molecule is CCCc1nn(C)cc1S. The zero-order valence-corrected chi connectivity index (χ0v) is 7.23. The number of aromatic nitrogens is 2. The largest absolute Gasteiger partial charge is 0.274 e. The molecule has 0 amide bonds. The third-order valence-electron chi connectivity index (χ3n) is 1.37. The molecule has 1 heterocycles. The van der Waals surface area contributed by atoms with Crippen molar-refractivity contribution >= 4 is 12.6 Å². The average molecular weight is 156 g/mol. The van der Waals surface area contributed by atoms with Crippen LogP contribution in [-0.2, 0) is 13.5 Å². The van der Waals surface area contributed by atoms with Crippen molar-refractivity contribution in [2.24, 2.45) is 7.05 Å². The highest BCUT2D eigenvalue weighted by molar-refractivity contribution is 7.80. The second-order valence-electron chi connectivity index (χ2n) is 2.38. The highest BCUT2D eigenvalue weighted by Gasteiger charge is 2.00. The van der Waals surface area contributed by atoms with Gasteiger partial charge in [0.1, 0.15) is 0 Å². The summed E-state index contributed by atoms with van der Waals surface area (Å²) >= 11 is 4.27. The average Bonchev–Trinajstić information content (AvgIpc) is 2.13. The lowest BCUT2D eigenvalue weighted by Gasteiger charge is -1.90. The lowest BCUT2D eigenvalue weighted by Crippen LogP contribution is -1.90. The van der Waals surface area contributed by atoms with Crippen LogP contribution in [0.4, 0.5) is 0 Å². The predicted octanol–water partition coefficient (Wildman–Crippen LogP) is 1.66. The summed E-state index contributed by atoms with van der Waals surface area (Å²) in [7, 11) is 1.92. The van der Waals surface area contributed by atoms with Gasteiger partial charge < -0.3 is 0 Å². The van der Waals surface area contributed by atoms with Crippen molar-refractivity contribution in [2.75, 3.05) is 0 Å². The van der Waals surface area contributed by atoms with Crippen LogP contribution in [0.15, 0.2) is 11.1 Å². The standard InChI is InChI=1S/C7H12N2S/c1-3-4-6-7(10)5-9(2)8-6/h5,10H,3-4H2,1-2H3. The van der Waals surface area contributed by atoms with E-state index in [1.54, 1.807) is 4.68 Å². The van der Waals surface area contributed by atoms with Gasteiger partial charge in [0.15, 0.2) is 0 Å². The Hall–Kier alpha value is -0.440. The van der Waals surface area contributed by atoms with Crippen molar-refractivity contribution in [3.63, 3.8) is 0 Å². The molecular weight excluding hydrogens is 144 g/mol. The van der Waals surface area contributed by atoms with Crippen LogP contribution in [0.5, 0.6) is 0 Å². The molecule has 1 aromatic heterocycles. The maximum absolute atomic E-state index is 4.27. The molecule has 1 aromatic rings. The molecule has 10 heavy (non-hydrogen) atoms. The summed E-state index contributed by atoms with van der Waals surface area (Å²) in [5, 5.41) is 4.24. The maximum Gasteiger partial charge on any atom is 0.0757 e. The lowest BCUT2D eigenvalue weighted by molar-refractivity contribution is 0.733. The normalized spacial score (nSPS) is 10.3. The minimum Gasteiger partial charge on any atom is -0.274 e. The molecule has 56 valence electrons. The van der Waals surface area contributed by atoms with Crippen molar-refractivity contribution in [1.29, 1.82) is 0 Å². The topological polar surface area (TPSA) is 17.8 Å². The molecule has 0 aliphatic heterocycles. The van der Waals surface area contributed by atoms with E-state index < -0.39 is 0 Å². The van der Waals surface area contributed by atoms with Gasteiger partial charge in [-0.2, -0.15) is 5.10 Å². The third-order valence-corrected chi connectivity index (χ3v) is 1.74. The van der Waals surface area contributed by atoms with Crippen LogP contribution in [0.25, 0.3) is 0 Å². The highest BCUT2D eigenvalue weighted by atomic mass is 32.1. The quantitative estimate of drug-likeness (QED) is 0.645. The number of hydrogen-bond acceptors (Lipinski definition) is 2. The van der Waals surface area contributed by atoms with E-state index in [9.17, 15) is 0 Å². The van der Waals surface area contributed by atoms with Crippen LogP contribution in [0.2, 0.25) is 0 Å². The number of thiol groups is 1. The second-order valence-corrected chi connectivity index (χ2v) is 2.87. The Kier molecular flexibility index (Phi) is 2.38. The molecule has 0 spiro atoms. The molecule has 0 radical (unpaired) electrons. The summed E-state index contributed by atoms with van der Waals surface area (Å²) in [6.07, 6.45) is 4.08. The van der Waals surface area contributed by atoms with Gasteiger partial charge in [-0.3, -0.25) is 4.68 Å². The van der Waals surface area contributed by atoms with Crippen LogP contribution < -0.4 is 0 Å². The van der Waals surface area contributed by atoms with E-state index in [0.29, 0.717) is 0 Å². The minimum absolute atomic E-state index is 1.00. The fourth-order valence-corrected chi connectivity index (χ4v) is 1.26. The minimum atomic E-state index is 1.00. The fraction of sp³-hybridized carbons (Fsp3) is 0.571. The van der Waals surface area contributed by atoms with Gasteiger partial charge in [0.25, 0.3) is 0 Å². The van der Waals surface area contributed by atoms with Gasteiger partial charge in [-0.05, 0) is 6.42 Å². The van der Waals surface area contributed by atoms with Gasteiger partial charge >= 0.3 is 0 Å². The fourth-order valence-electron chi connectivity index (χ4n) is 0.937. The summed E-state index contributed by atoms with van der Waals surface area (Å²) in [6, 6.07) is 0. The zero-order valence-electron chi connectivity index (χ0n) is 6.33. The van der Waals surface area contributed by atoms with Crippen LogP contribution in [0, 0.1) is 0 Å². The third kappa shape index (κ3) is 1.53. The Labute approximate surface area is 66.7 Å². The Morgan fingerprint density at radius 2 is 2.40 bits per heavy atom. The van der Waals surface area contributed by atoms with Crippen LogP contribution in [0.1, 0.15) is 19.0 Å². The Morgan fingerprint density at radius 1 is 1.70 bits per heavy atom. The van der Waals surface area contributed by atoms with E-state index >= 15 is 0 Å². The molecule has 0 fully saturated rings. The van der Waals surface area contributed by atoms with Gasteiger partial charge in [-0.25, -0.2) is 0 Å². The van der Waals surface area contributed by atoms with Crippen LogP contribution >= 0.6 is 12.6 Å². The van der Waals surface area contributed by atoms with E-state index in [-0.39, 0.29) is 0 Å². The number of aryl methyl sites for hydroxylation is 2. The summed E-state index contributed by atoms with van der Waals surface area (Å²) in [5.41, 5.74) is 1.10. The van der Waals surface area contributed by atoms with E-state index in [1.165, 1.54) is 0 Å². The first kappa shape index (κ1) is 7.66. The molecule has 0 bridgehead atoms. The molecule has 0 N–H and O–H groups in total. The van der Waals surface area contributed by atoms with E-state index in [0.717, 1.165) is 23.4 Å². The molecular formula is C7H12N2S.